The zero-order chi connectivity index (χ0) is 52.2. The molecule has 0 heterocycles. The van der Waals surface area contributed by atoms with Crippen LogP contribution in [0.1, 0.15) is 335 Å². The molecule has 0 saturated carbocycles. The highest BCUT2D eigenvalue weighted by molar-refractivity contribution is 5.71. The van der Waals surface area contributed by atoms with Crippen LogP contribution in [0.5, 0.6) is 0 Å². The molecule has 0 fully saturated rings. The molecule has 1 unspecified atom stereocenters. The van der Waals surface area contributed by atoms with Crippen molar-refractivity contribution in [3.63, 3.8) is 0 Å². The summed E-state index contributed by atoms with van der Waals surface area (Å²) in [5.41, 5.74) is 0. The summed E-state index contributed by atoms with van der Waals surface area (Å²) >= 11 is 0. The van der Waals surface area contributed by atoms with E-state index in [1.165, 1.54) is 218 Å². The molecule has 6 nitrogen and oxygen atoms in total. The van der Waals surface area contributed by atoms with Crippen LogP contribution in [0.4, 0.5) is 0 Å². The van der Waals surface area contributed by atoms with Gasteiger partial charge >= 0.3 is 17.9 Å². The molecule has 420 valence electrons. The second-order valence-electron chi connectivity index (χ2n) is 21.3. The summed E-state index contributed by atoms with van der Waals surface area (Å²) in [6, 6.07) is 0. The molecule has 0 saturated heterocycles. The lowest BCUT2D eigenvalue weighted by atomic mass is 10.0. The van der Waals surface area contributed by atoms with Crippen LogP contribution in [0.25, 0.3) is 0 Å². The zero-order valence-electron chi connectivity index (χ0n) is 48.2. The van der Waals surface area contributed by atoms with Gasteiger partial charge in [-0.15, -0.1) is 0 Å². The minimum Gasteiger partial charge on any atom is -0.462 e. The van der Waals surface area contributed by atoms with Crippen molar-refractivity contribution in [1.82, 2.24) is 0 Å². The summed E-state index contributed by atoms with van der Waals surface area (Å²) in [5, 5.41) is 0. The average Bonchev–Trinajstić information content (AvgIpc) is 3.38. The first kappa shape index (κ1) is 69.4. The number of esters is 3. The first-order valence-electron chi connectivity index (χ1n) is 31.6. The van der Waals surface area contributed by atoms with E-state index < -0.39 is 6.10 Å². The Morgan fingerprint density at radius 2 is 0.500 bits per heavy atom. The molecule has 0 amide bonds. The normalized spacial score (nSPS) is 12.3. The largest absolute Gasteiger partial charge is 0.462 e. The van der Waals surface area contributed by atoms with Crippen LogP contribution in [0, 0.1) is 0 Å². The van der Waals surface area contributed by atoms with Gasteiger partial charge in [0, 0.05) is 19.3 Å². The summed E-state index contributed by atoms with van der Waals surface area (Å²) < 4.78 is 16.9. The molecule has 0 aliphatic carbocycles. The zero-order valence-corrected chi connectivity index (χ0v) is 48.2. The van der Waals surface area contributed by atoms with Crippen LogP contribution in [-0.2, 0) is 28.6 Å². The number of allylic oxidation sites excluding steroid dienone is 8. The maximum absolute atomic E-state index is 12.9. The Hall–Kier alpha value is -2.63. The molecular weight excluding hydrogens is 889 g/mol. The number of carbonyl (C=O) groups excluding carboxylic acids is 3. The molecule has 0 aromatic carbocycles. The third-order valence-electron chi connectivity index (χ3n) is 14.1. The fraction of sp³-hybridized carbons (Fsp3) is 0.833. The molecule has 0 bridgehead atoms. The lowest BCUT2D eigenvalue weighted by Crippen LogP contribution is -2.30. The van der Waals surface area contributed by atoms with E-state index in [1.807, 2.05) is 0 Å². The predicted molar refractivity (Wildman–Crippen MR) is 312 cm³/mol. The van der Waals surface area contributed by atoms with E-state index in [0.717, 1.165) is 77.0 Å². The van der Waals surface area contributed by atoms with Crippen molar-refractivity contribution >= 4 is 17.9 Å². The van der Waals surface area contributed by atoms with Crippen molar-refractivity contribution in [2.24, 2.45) is 0 Å². The average molecular weight is 1010 g/mol. The number of unbranched alkanes of at least 4 members (excludes halogenated alkanes) is 39. The molecule has 6 heteroatoms. The van der Waals surface area contributed by atoms with E-state index in [4.69, 9.17) is 14.2 Å². The van der Waals surface area contributed by atoms with Crippen molar-refractivity contribution < 1.29 is 28.6 Å². The second-order valence-corrected chi connectivity index (χ2v) is 21.3. The molecule has 0 aliphatic heterocycles. The first-order valence-corrected chi connectivity index (χ1v) is 31.6. The highest BCUT2D eigenvalue weighted by atomic mass is 16.6. The fourth-order valence-electron chi connectivity index (χ4n) is 9.27. The van der Waals surface area contributed by atoms with Gasteiger partial charge < -0.3 is 14.2 Å². The van der Waals surface area contributed by atoms with E-state index in [-0.39, 0.29) is 31.1 Å². The van der Waals surface area contributed by atoms with Gasteiger partial charge in [-0.1, -0.05) is 281 Å². The van der Waals surface area contributed by atoms with Crippen LogP contribution < -0.4 is 0 Å². The number of ether oxygens (including phenoxy) is 3. The Balaban J connectivity index is 4.16. The lowest BCUT2D eigenvalue weighted by molar-refractivity contribution is -0.167. The van der Waals surface area contributed by atoms with Crippen molar-refractivity contribution in [1.29, 1.82) is 0 Å². The fourth-order valence-corrected chi connectivity index (χ4v) is 9.27. The van der Waals surface area contributed by atoms with Gasteiger partial charge in [0.25, 0.3) is 0 Å². The van der Waals surface area contributed by atoms with Crippen molar-refractivity contribution in [2.75, 3.05) is 13.2 Å². The van der Waals surface area contributed by atoms with Crippen LogP contribution in [0.15, 0.2) is 48.6 Å². The minimum absolute atomic E-state index is 0.0728. The molecule has 0 aromatic heterocycles. The van der Waals surface area contributed by atoms with Gasteiger partial charge in [0.15, 0.2) is 6.10 Å². The van der Waals surface area contributed by atoms with Crippen molar-refractivity contribution in [3.8, 4) is 0 Å². The Morgan fingerprint density at radius 1 is 0.278 bits per heavy atom. The standard InChI is InChI=1S/C66H120O6/c1-4-7-10-13-16-19-21-23-25-27-29-30-31-32-33-34-35-36-37-39-40-42-44-47-50-53-56-59-65(68)71-62-63(61-70-64(67)58-55-52-49-46-18-15-12-9-6-3)72-66(69)60-57-54-51-48-45-43-41-38-28-26-24-22-20-17-14-11-8-5-2/h20-23,26-29,63H,4-19,24-25,30-62H2,1-3H3/b22-20-,23-21-,28-26-,29-27-. The number of hydrogen-bond donors (Lipinski definition) is 0. The van der Waals surface area contributed by atoms with Gasteiger partial charge in [-0.2, -0.15) is 0 Å². The molecule has 0 spiro atoms. The van der Waals surface area contributed by atoms with Gasteiger partial charge in [-0.25, -0.2) is 0 Å². The highest BCUT2D eigenvalue weighted by Gasteiger charge is 2.19. The Labute approximate surface area is 448 Å². The van der Waals surface area contributed by atoms with E-state index in [1.54, 1.807) is 0 Å². The van der Waals surface area contributed by atoms with Gasteiger partial charge in [-0.05, 0) is 83.5 Å². The molecule has 0 rings (SSSR count). The van der Waals surface area contributed by atoms with Gasteiger partial charge in [0.1, 0.15) is 13.2 Å². The maximum Gasteiger partial charge on any atom is 0.306 e. The monoisotopic (exact) mass is 1010 g/mol. The minimum atomic E-state index is -0.774. The van der Waals surface area contributed by atoms with Crippen LogP contribution in [0.3, 0.4) is 0 Å². The highest BCUT2D eigenvalue weighted by Crippen LogP contribution is 2.17. The summed E-state index contributed by atoms with van der Waals surface area (Å²) in [7, 11) is 0. The second kappa shape index (κ2) is 60.9. The van der Waals surface area contributed by atoms with E-state index >= 15 is 0 Å². The molecule has 0 aromatic rings. The summed E-state index contributed by atoms with van der Waals surface area (Å²) in [5.74, 6) is -0.866. The SMILES string of the molecule is CCCCCC/C=C\C/C=C\CCCCCCCCCC(=O)OC(COC(=O)CCCCCCCCCCC)COC(=O)CCCCCCCCCCCCCCCCC/C=C\C/C=C\CCCCCCC. The Morgan fingerprint density at radius 3 is 0.778 bits per heavy atom. The molecule has 0 radical (unpaired) electrons. The van der Waals surface area contributed by atoms with Crippen LogP contribution in [-0.4, -0.2) is 37.2 Å². The summed E-state index contributed by atoms with van der Waals surface area (Å²) in [6.45, 7) is 6.63. The quantitative estimate of drug-likeness (QED) is 0.0261. The van der Waals surface area contributed by atoms with Crippen molar-refractivity contribution in [3.05, 3.63) is 48.6 Å². The molecule has 0 N–H and O–H groups in total. The molecule has 72 heavy (non-hydrogen) atoms. The Bertz CT molecular complexity index is 1250. The lowest BCUT2D eigenvalue weighted by Gasteiger charge is -2.18. The van der Waals surface area contributed by atoms with Crippen LogP contribution in [0.2, 0.25) is 0 Å². The molecule has 1 atom stereocenters. The third kappa shape index (κ3) is 58.3. The Kier molecular flexibility index (Phi) is 58.7. The van der Waals surface area contributed by atoms with Crippen LogP contribution >= 0.6 is 0 Å². The predicted octanol–water partition coefficient (Wildman–Crippen LogP) is 21.4. The van der Waals surface area contributed by atoms with Gasteiger partial charge in [0.2, 0.25) is 0 Å². The topological polar surface area (TPSA) is 78.9 Å². The van der Waals surface area contributed by atoms with E-state index in [2.05, 4.69) is 69.4 Å². The smallest absolute Gasteiger partial charge is 0.306 e. The van der Waals surface area contributed by atoms with E-state index in [9.17, 15) is 14.4 Å². The maximum atomic E-state index is 12.9. The van der Waals surface area contributed by atoms with Gasteiger partial charge in [0.05, 0.1) is 0 Å². The number of hydrogen-bond acceptors (Lipinski definition) is 6. The summed E-state index contributed by atoms with van der Waals surface area (Å²) in [6.07, 6.45) is 75.6. The van der Waals surface area contributed by atoms with Gasteiger partial charge in [-0.3, -0.25) is 14.4 Å². The summed E-state index contributed by atoms with van der Waals surface area (Å²) in [4.78, 5) is 38.1. The molecule has 0 aliphatic rings. The number of rotatable bonds is 58. The van der Waals surface area contributed by atoms with Crippen molar-refractivity contribution in [2.45, 2.75) is 341 Å². The van der Waals surface area contributed by atoms with E-state index in [0.29, 0.717) is 19.3 Å². The first-order chi connectivity index (χ1) is 35.5. The number of carbonyl (C=O) groups is 3. The third-order valence-corrected chi connectivity index (χ3v) is 14.1. The molecular formula is C66H120O6.